The molecule has 0 bridgehead atoms. The van der Waals surface area contributed by atoms with Crippen molar-refractivity contribution in [3.05, 3.63) is 16.0 Å². The predicted molar refractivity (Wildman–Crippen MR) is 45.2 cm³/mol. The normalized spacial score (nSPS) is 10.8. The van der Waals surface area contributed by atoms with Crippen LogP contribution in [-0.4, -0.2) is 4.37 Å². The van der Waals surface area contributed by atoms with E-state index in [2.05, 4.69) is 26.4 Å². The topological polar surface area (TPSA) is 12.9 Å². The number of hydrogen-bond donors (Lipinski definition) is 0. The van der Waals surface area contributed by atoms with E-state index in [0.717, 1.165) is 0 Å². The first-order chi connectivity index (χ1) is 4.36. The summed E-state index contributed by atoms with van der Waals surface area (Å²) in [6, 6.07) is 2.09. The van der Waals surface area contributed by atoms with Gasteiger partial charge in [0.05, 0.1) is 3.79 Å². The van der Waals surface area contributed by atoms with Crippen molar-refractivity contribution in [1.29, 1.82) is 0 Å². The molecule has 0 atom stereocenters. The average Bonchev–Trinajstić information content (AvgIpc) is 2.22. The van der Waals surface area contributed by atoms with E-state index >= 15 is 0 Å². The van der Waals surface area contributed by atoms with Crippen LogP contribution in [0.5, 0.6) is 0 Å². The van der Waals surface area contributed by atoms with Gasteiger partial charge in [0.1, 0.15) is 4.01 Å². The van der Waals surface area contributed by atoms with E-state index in [9.17, 15) is 0 Å². The molecule has 4 heteroatoms. The number of fused-ring (bicyclic) bond motifs is 1. The summed E-state index contributed by atoms with van der Waals surface area (Å²) < 4.78 is 6.51. The van der Waals surface area contributed by atoms with E-state index in [1.54, 1.807) is 22.9 Å². The maximum Gasteiger partial charge on any atom is 0.108 e. The van der Waals surface area contributed by atoms with E-state index in [-0.39, 0.29) is 0 Å². The molecule has 0 unspecified atom stereocenters. The van der Waals surface area contributed by atoms with Gasteiger partial charge in [0.25, 0.3) is 0 Å². The molecule has 2 aromatic heterocycles. The molecule has 0 amide bonds. The number of hydrogen-bond acceptors (Lipinski definition) is 3. The Kier molecular flexibility index (Phi) is 1.32. The maximum absolute atomic E-state index is 4.03. The monoisotopic (exact) mass is 219 g/mol. The Morgan fingerprint density at radius 1 is 1.56 bits per heavy atom. The molecule has 0 aromatic carbocycles. The van der Waals surface area contributed by atoms with Crippen molar-refractivity contribution in [2.45, 2.75) is 0 Å². The lowest BCUT2D eigenvalue weighted by atomic mass is 10.5. The van der Waals surface area contributed by atoms with Crippen LogP contribution in [-0.2, 0) is 0 Å². The zero-order valence-corrected chi connectivity index (χ0v) is 7.52. The van der Waals surface area contributed by atoms with Crippen molar-refractivity contribution in [3.8, 4) is 0 Å². The summed E-state index contributed by atoms with van der Waals surface area (Å²) in [7, 11) is 0. The van der Waals surface area contributed by atoms with E-state index < -0.39 is 0 Å². The second kappa shape index (κ2) is 2.04. The van der Waals surface area contributed by atoms with Gasteiger partial charge in [-0.1, -0.05) is 0 Å². The maximum atomic E-state index is 4.03. The minimum Gasteiger partial charge on any atom is -0.199 e. The van der Waals surface area contributed by atoms with Crippen LogP contribution in [0.3, 0.4) is 0 Å². The molecule has 2 rings (SSSR count). The Hall–Kier alpha value is 0.0700. The Morgan fingerprint density at radius 2 is 2.44 bits per heavy atom. The molecular formula is C5H2BrNS2. The highest BCUT2D eigenvalue weighted by molar-refractivity contribution is 9.11. The Labute approximate surface area is 68.6 Å². The van der Waals surface area contributed by atoms with Crippen molar-refractivity contribution >= 4 is 48.2 Å². The highest BCUT2D eigenvalue weighted by Crippen LogP contribution is 2.31. The Bertz CT molecular complexity index is 296. The van der Waals surface area contributed by atoms with Crippen LogP contribution in [0.1, 0.15) is 0 Å². The van der Waals surface area contributed by atoms with Crippen LogP contribution >= 0.6 is 38.8 Å². The summed E-state index contributed by atoms with van der Waals surface area (Å²) in [6.07, 6.45) is 1.89. The van der Waals surface area contributed by atoms with Crippen molar-refractivity contribution in [2.24, 2.45) is 0 Å². The van der Waals surface area contributed by atoms with E-state index in [4.69, 9.17) is 0 Å². The molecule has 0 aliphatic rings. The second-order valence-electron chi connectivity index (χ2n) is 1.62. The van der Waals surface area contributed by atoms with Gasteiger partial charge in [-0.15, -0.1) is 11.3 Å². The van der Waals surface area contributed by atoms with Gasteiger partial charge in [-0.2, -0.15) is 4.37 Å². The minimum atomic E-state index is 1.19. The fourth-order valence-electron chi connectivity index (χ4n) is 0.650. The number of rotatable bonds is 0. The summed E-state index contributed by atoms with van der Waals surface area (Å²) in [5.41, 5.74) is 0. The van der Waals surface area contributed by atoms with Crippen LogP contribution in [0.4, 0.5) is 0 Å². The molecule has 2 aromatic rings. The van der Waals surface area contributed by atoms with Crippen molar-refractivity contribution in [3.63, 3.8) is 0 Å². The van der Waals surface area contributed by atoms with Gasteiger partial charge in [-0.25, -0.2) is 0 Å². The molecule has 0 aliphatic heterocycles. The third-order valence-corrected chi connectivity index (χ3v) is 3.56. The van der Waals surface area contributed by atoms with Gasteiger partial charge >= 0.3 is 0 Å². The average molecular weight is 220 g/mol. The highest BCUT2D eigenvalue weighted by Gasteiger charge is 1.98. The first-order valence-corrected chi connectivity index (χ1v) is 4.74. The first kappa shape index (κ1) is 5.82. The number of thiophene rings is 1. The van der Waals surface area contributed by atoms with Crippen molar-refractivity contribution < 1.29 is 0 Å². The number of halogens is 1. The standard InChI is InChI=1S/C5H2BrNS2/c6-4-1-3-2-7-9-5(3)8-4/h1-2H. The molecule has 0 fully saturated rings. The lowest BCUT2D eigenvalue weighted by Crippen LogP contribution is -1.44. The molecule has 0 saturated heterocycles. The minimum absolute atomic E-state index is 1.19. The highest BCUT2D eigenvalue weighted by atomic mass is 79.9. The Balaban J connectivity index is 2.92. The molecule has 0 aliphatic carbocycles. The zero-order valence-electron chi connectivity index (χ0n) is 4.30. The van der Waals surface area contributed by atoms with Gasteiger partial charge < -0.3 is 0 Å². The molecule has 2 heterocycles. The third kappa shape index (κ3) is 0.911. The summed E-state index contributed by atoms with van der Waals surface area (Å²) >= 11 is 6.68. The SMILES string of the molecule is Brc1cc2cnsc2s1. The largest absolute Gasteiger partial charge is 0.199 e. The fraction of sp³-hybridized carbons (Fsp3) is 0. The van der Waals surface area contributed by atoms with Crippen molar-refractivity contribution in [1.82, 2.24) is 4.37 Å². The van der Waals surface area contributed by atoms with Crippen LogP contribution in [0, 0.1) is 0 Å². The molecule has 1 nitrogen and oxygen atoms in total. The Morgan fingerprint density at radius 3 is 3.22 bits per heavy atom. The van der Waals surface area contributed by atoms with Crippen LogP contribution in [0.15, 0.2) is 16.0 Å². The van der Waals surface area contributed by atoms with Crippen LogP contribution < -0.4 is 0 Å². The quantitative estimate of drug-likeness (QED) is 0.664. The molecule has 0 radical (unpaired) electrons. The molecule has 0 N–H and O–H groups in total. The first-order valence-electron chi connectivity index (χ1n) is 2.36. The van der Waals surface area contributed by atoms with Gasteiger partial charge in [-0.3, -0.25) is 0 Å². The van der Waals surface area contributed by atoms with Crippen LogP contribution in [0.25, 0.3) is 9.40 Å². The molecule has 46 valence electrons. The van der Waals surface area contributed by atoms with Gasteiger partial charge in [0.15, 0.2) is 0 Å². The van der Waals surface area contributed by atoms with E-state index in [1.165, 1.54) is 13.2 Å². The van der Waals surface area contributed by atoms with Crippen molar-refractivity contribution in [2.75, 3.05) is 0 Å². The van der Waals surface area contributed by atoms with Crippen LogP contribution in [0.2, 0.25) is 0 Å². The smallest absolute Gasteiger partial charge is 0.108 e. The number of aromatic nitrogens is 1. The number of nitrogens with zero attached hydrogens (tertiary/aromatic N) is 1. The lowest BCUT2D eigenvalue weighted by Gasteiger charge is -1.66. The summed E-state index contributed by atoms with van der Waals surface area (Å²) in [4.78, 5) is 0. The molecule has 9 heavy (non-hydrogen) atoms. The van der Waals surface area contributed by atoms with E-state index in [0.29, 0.717) is 0 Å². The zero-order chi connectivity index (χ0) is 6.27. The molecule has 0 saturated carbocycles. The van der Waals surface area contributed by atoms with Gasteiger partial charge in [-0.05, 0) is 33.5 Å². The summed E-state index contributed by atoms with van der Waals surface area (Å²) in [5, 5.41) is 1.25. The predicted octanol–water partition coefficient (Wildman–Crippen LogP) is 3.12. The molecule has 0 spiro atoms. The van der Waals surface area contributed by atoms with E-state index in [1.807, 2.05) is 6.20 Å². The molecular weight excluding hydrogens is 218 g/mol. The summed E-state index contributed by atoms with van der Waals surface area (Å²) in [6.45, 7) is 0. The summed E-state index contributed by atoms with van der Waals surface area (Å²) in [5.74, 6) is 0. The van der Waals surface area contributed by atoms with Gasteiger partial charge in [0, 0.05) is 11.6 Å². The second-order valence-corrected chi connectivity index (χ2v) is 5.11. The fourth-order valence-corrected chi connectivity index (χ4v) is 3.32. The van der Waals surface area contributed by atoms with Gasteiger partial charge in [0.2, 0.25) is 0 Å². The third-order valence-electron chi connectivity index (χ3n) is 1.02. The lowest BCUT2D eigenvalue weighted by molar-refractivity contribution is 1.61.